The molecular formula is C37H60INO2. The highest BCUT2D eigenvalue weighted by Crippen LogP contribution is 2.25. The molecule has 0 saturated heterocycles. The summed E-state index contributed by atoms with van der Waals surface area (Å²) in [7, 11) is 4.51. The van der Waals surface area contributed by atoms with Crippen LogP contribution >= 0.6 is 0 Å². The van der Waals surface area contributed by atoms with E-state index in [1.165, 1.54) is 116 Å². The Morgan fingerprint density at radius 2 is 1.17 bits per heavy atom. The maximum Gasteiger partial charge on any atom is 0.196 e. The van der Waals surface area contributed by atoms with Gasteiger partial charge >= 0.3 is 0 Å². The maximum atomic E-state index is 12.9. The maximum absolute atomic E-state index is 12.9. The van der Waals surface area contributed by atoms with Gasteiger partial charge in [-0.05, 0) is 37.3 Å². The second kappa shape index (κ2) is 25.1. The lowest BCUT2D eigenvalue weighted by Crippen LogP contribution is -3.05. The SMILES string of the molecule is CCCCC(CCCCCCCCCCCC[NH+](C)C)CCCCCOc1ccccc1C(=O)c1ccccc1.[I-]. The quantitative estimate of drug-likeness (QED) is 0.0783. The number of para-hydroxylation sites is 1. The van der Waals surface area contributed by atoms with E-state index in [9.17, 15) is 4.79 Å². The number of nitrogens with one attached hydrogen (secondary N) is 1. The Morgan fingerprint density at radius 1 is 0.659 bits per heavy atom. The molecule has 2 aromatic rings. The lowest BCUT2D eigenvalue weighted by molar-refractivity contribution is -0.858. The average molecular weight is 678 g/mol. The fourth-order valence-electron chi connectivity index (χ4n) is 5.67. The van der Waals surface area contributed by atoms with Crippen LogP contribution in [-0.4, -0.2) is 33.0 Å². The summed E-state index contributed by atoms with van der Waals surface area (Å²) in [6.07, 6.45) is 24.6. The van der Waals surface area contributed by atoms with E-state index in [1.807, 2.05) is 54.6 Å². The van der Waals surface area contributed by atoms with Crippen LogP contribution in [0.5, 0.6) is 5.75 Å². The predicted molar refractivity (Wildman–Crippen MR) is 172 cm³/mol. The van der Waals surface area contributed by atoms with Crippen LogP contribution in [0.25, 0.3) is 0 Å². The van der Waals surface area contributed by atoms with Gasteiger partial charge in [-0.3, -0.25) is 4.79 Å². The minimum atomic E-state index is 0. The van der Waals surface area contributed by atoms with E-state index in [4.69, 9.17) is 4.74 Å². The fraction of sp³-hybridized carbons (Fsp3) is 0.649. The molecule has 0 radical (unpaired) electrons. The van der Waals surface area contributed by atoms with Crippen molar-refractivity contribution in [2.45, 2.75) is 122 Å². The first-order chi connectivity index (χ1) is 19.6. The molecule has 4 heteroatoms. The summed E-state index contributed by atoms with van der Waals surface area (Å²) < 4.78 is 6.08. The van der Waals surface area contributed by atoms with Crippen LogP contribution in [0.15, 0.2) is 54.6 Å². The third kappa shape index (κ3) is 18.0. The molecule has 2 rings (SSSR count). The van der Waals surface area contributed by atoms with Gasteiger partial charge < -0.3 is 33.6 Å². The van der Waals surface area contributed by atoms with Crippen molar-refractivity contribution in [1.29, 1.82) is 0 Å². The smallest absolute Gasteiger partial charge is 0.196 e. The number of carbonyl (C=O) groups is 1. The van der Waals surface area contributed by atoms with Gasteiger partial charge in [0.25, 0.3) is 0 Å². The van der Waals surface area contributed by atoms with E-state index < -0.39 is 0 Å². The molecular weight excluding hydrogens is 617 g/mol. The average Bonchev–Trinajstić information content (AvgIpc) is 2.97. The monoisotopic (exact) mass is 677 g/mol. The zero-order valence-electron chi connectivity index (χ0n) is 26.6. The lowest BCUT2D eigenvalue weighted by atomic mass is 9.90. The van der Waals surface area contributed by atoms with Gasteiger partial charge in [-0.1, -0.05) is 146 Å². The van der Waals surface area contributed by atoms with Crippen molar-refractivity contribution in [2.24, 2.45) is 5.92 Å². The van der Waals surface area contributed by atoms with Crippen molar-refractivity contribution < 1.29 is 38.4 Å². The number of unbranched alkanes of at least 4 members (excludes halogenated alkanes) is 12. The molecule has 0 aromatic heterocycles. The Morgan fingerprint density at radius 3 is 1.78 bits per heavy atom. The predicted octanol–water partition coefficient (Wildman–Crippen LogP) is 6.10. The second-order valence-electron chi connectivity index (χ2n) is 12.2. The minimum Gasteiger partial charge on any atom is -1.00 e. The molecule has 0 heterocycles. The molecule has 1 atom stereocenters. The fourth-order valence-corrected chi connectivity index (χ4v) is 5.67. The van der Waals surface area contributed by atoms with E-state index in [-0.39, 0.29) is 29.8 Å². The lowest BCUT2D eigenvalue weighted by Gasteiger charge is -2.17. The number of carbonyl (C=O) groups excluding carboxylic acids is 1. The van der Waals surface area contributed by atoms with Gasteiger partial charge in [0, 0.05) is 5.56 Å². The Hall–Kier alpha value is -1.40. The second-order valence-corrected chi connectivity index (χ2v) is 12.2. The van der Waals surface area contributed by atoms with Gasteiger partial charge in [-0.15, -0.1) is 0 Å². The number of benzene rings is 2. The Kier molecular flexibility index (Phi) is 23.1. The molecule has 1 N–H and O–H groups in total. The highest BCUT2D eigenvalue weighted by Gasteiger charge is 2.14. The van der Waals surface area contributed by atoms with Gasteiger partial charge in [0.1, 0.15) is 5.75 Å². The number of quaternary nitrogens is 1. The van der Waals surface area contributed by atoms with Crippen LogP contribution in [0.3, 0.4) is 0 Å². The first kappa shape index (κ1) is 37.6. The number of hydrogen-bond acceptors (Lipinski definition) is 2. The third-order valence-corrected chi connectivity index (χ3v) is 8.19. The van der Waals surface area contributed by atoms with E-state index >= 15 is 0 Å². The molecule has 0 saturated carbocycles. The summed E-state index contributed by atoms with van der Waals surface area (Å²) in [5, 5.41) is 0. The zero-order chi connectivity index (χ0) is 28.7. The summed E-state index contributed by atoms with van der Waals surface area (Å²) >= 11 is 0. The van der Waals surface area contributed by atoms with Crippen LogP contribution in [-0.2, 0) is 0 Å². The van der Waals surface area contributed by atoms with Crippen molar-refractivity contribution in [3.8, 4) is 5.75 Å². The van der Waals surface area contributed by atoms with Crippen LogP contribution in [0, 0.1) is 5.92 Å². The number of ether oxygens (including phenoxy) is 1. The van der Waals surface area contributed by atoms with Gasteiger partial charge in [-0.2, -0.15) is 0 Å². The topological polar surface area (TPSA) is 30.7 Å². The van der Waals surface area contributed by atoms with Crippen molar-refractivity contribution in [3.63, 3.8) is 0 Å². The van der Waals surface area contributed by atoms with Crippen LogP contribution in [0.1, 0.15) is 138 Å². The zero-order valence-corrected chi connectivity index (χ0v) is 28.8. The van der Waals surface area contributed by atoms with Crippen molar-refractivity contribution in [3.05, 3.63) is 65.7 Å². The molecule has 232 valence electrons. The van der Waals surface area contributed by atoms with Crippen molar-refractivity contribution in [1.82, 2.24) is 0 Å². The van der Waals surface area contributed by atoms with E-state index in [1.54, 1.807) is 4.90 Å². The first-order valence-corrected chi connectivity index (χ1v) is 16.7. The first-order valence-electron chi connectivity index (χ1n) is 16.7. The molecule has 3 nitrogen and oxygen atoms in total. The van der Waals surface area contributed by atoms with Crippen molar-refractivity contribution in [2.75, 3.05) is 27.2 Å². The highest BCUT2D eigenvalue weighted by atomic mass is 127. The summed E-state index contributed by atoms with van der Waals surface area (Å²) in [5.74, 6) is 1.63. The third-order valence-electron chi connectivity index (χ3n) is 8.19. The molecule has 0 aliphatic carbocycles. The van der Waals surface area contributed by atoms with Crippen molar-refractivity contribution >= 4 is 5.78 Å². The van der Waals surface area contributed by atoms with Crippen LogP contribution in [0.2, 0.25) is 0 Å². The molecule has 2 aromatic carbocycles. The highest BCUT2D eigenvalue weighted by molar-refractivity contribution is 6.10. The largest absolute Gasteiger partial charge is 1.00 e. The molecule has 0 aliphatic heterocycles. The number of ketones is 1. The Balaban J connectivity index is 0.00000840. The van der Waals surface area contributed by atoms with Gasteiger partial charge in [-0.25, -0.2) is 0 Å². The van der Waals surface area contributed by atoms with E-state index in [2.05, 4.69) is 21.0 Å². The summed E-state index contributed by atoms with van der Waals surface area (Å²) in [6.45, 7) is 4.31. The Bertz CT molecular complexity index is 886. The normalized spacial score (nSPS) is 11.8. The molecule has 0 amide bonds. The van der Waals surface area contributed by atoms with Gasteiger partial charge in [0.05, 0.1) is 32.8 Å². The standard InChI is InChI=1S/C37H59NO2.HI/c1-4-5-24-33(25-16-12-10-8-6-7-9-11-13-22-31-38(2)3)26-17-15-23-32-40-36-30-21-20-29-35(36)37(39)34-27-18-14-19-28-34;/h14,18-21,27-30,33H,4-13,15-17,22-26,31-32H2,1-3H3;1H. The Labute approximate surface area is 270 Å². The number of rotatable bonds is 25. The minimum absolute atomic E-state index is 0. The van der Waals surface area contributed by atoms with Crippen LogP contribution < -0.4 is 33.6 Å². The molecule has 1 unspecified atom stereocenters. The molecule has 0 bridgehead atoms. The van der Waals surface area contributed by atoms with Crippen LogP contribution in [0.4, 0.5) is 0 Å². The molecule has 41 heavy (non-hydrogen) atoms. The molecule has 0 aliphatic rings. The number of hydrogen-bond donors (Lipinski definition) is 1. The summed E-state index contributed by atoms with van der Waals surface area (Å²) in [5.41, 5.74) is 1.36. The van der Waals surface area contributed by atoms with Gasteiger partial charge in [0.2, 0.25) is 0 Å². The summed E-state index contributed by atoms with van der Waals surface area (Å²) in [6, 6.07) is 17.1. The molecule has 0 fully saturated rings. The number of halogens is 1. The summed E-state index contributed by atoms with van der Waals surface area (Å²) in [4.78, 5) is 14.5. The van der Waals surface area contributed by atoms with Gasteiger partial charge in [0.15, 0.2) is 5.78 Å². The molecule has 0 spiro atoms. The van der Waals surface area contributed by atoms with E-state index in [0.717, 1.165) is 12.3 Å². The van der Waals surface area contributed by atoms with E-state index in [0.29, 0.717) is 23.5 Å².